The van der Waals surface area contributed by atoms with E-state index >= 15 is 0 Å². The first-order valence-electron chi connectivity index (χ1n) is 10.2. The quantitative estimate of drug-likeness (QED) is 0.638. The Kier molecular flexibility index (Phi) is 7.73. The van der Waals surface area contributed by atoms with Gasteiger partial charge in [0.2, 0.25) is 0 Å². The number of fused-ring (bicyclic) bond motifs is 2. The summed E-state index contributed by atoms with van der Waals surface area (Å²) in [7, 11) is 0. The normalized spacial score (nSPS) is 31.4. The van der Waals surface area contributed by atoms with Gasteiger partial charge in [-0.2, -0.15) is 26.3 Å². The molecule has 5 atom stereocenters. The lowest BCUT2D eigenvalue weighted by Crippen LogP contribution is -2.50. The first-order chi connectivity index (χ1) is 13.4. The highest BCUT2D eigenvalue weighted by Crippen LogP contribution is 2.44. The van der Waals surface area contributed by atoms with Crippen molar-refractivity contribution in [3.05, 3.63) is 0 Å². The summed E-state index contributed by atoms with van der Waals surface area (Å²) < 4.78 is 80.8. The lowest BCUT2D eigenvalue weighted by Gasteiger charge is -2.36. The number of nitrogens with zero attached hydrogens (tertiary/aromatic N) is 1. The molecule has 5 unspecified atom stereocenters. The average molecular weight is 432 g/mol. The second-order valence-electron chi connectivity index (χ2n) is 8.50. The Balaban J connectivity index is 2.24. The van der Waals surface area contributed by atoms with Crippen LogP contribution in [-0.4, -0.2) is 49.1 Å². The minimum Gasteiger partial charge on any atom is -0.426 e. The molecule has 1 amide bonds. The molecular weight excluding hydrogens is 402 g/mol. The molecule has 0 radical (unpaired) electrons. The van der Waals surface area contributed by atoms with E-state index in [4.69, 9.17) is 5.73 Å². The third-order valence-electron chi connectivity index (χ3n) is 6.54. The first kappa shape index (κ1) is 24.1. The molecule has 1 aliphatic carbocycles. The summed E-state index contributed by atoms with van der Waals surface area (Å²) >= 11 is 0. The zero-order valence-corrected chi connectivity index (χ0v) is 16.7. The number of nitrogens with two attached hydrogens (primary N) is 1. The van der Waals surface area contributed by atoms with Gasteiger partial charge in [0.1, 0.15) is 0 Å². The van der Waals surface area contributed by atoms with Crippen LogP contribution in [0, 0.1) is 29.6 Å². The smallest absolute Gasteiger partial charge is 0.426 e. The van der Waals surface area contributed by atoms with Crippen LogP contribution >= 0.6 is 0 Å². The molecule has 2 aliphatic rings. The van der Waals surface area contributed by atoms with Gasteiger partial charge in [-0.05, 0) is 55.4 Å². The summed E-state index contributed by atoms with van der Waals surface area (Å²) in [6.07, 6.45) is -12.6. The predicted molar refractivity (Wildman–Crippen MR) is 94.9 cm³/mol. The maximum Gasteiger partial charge on any atom is 0.434 e. The monoisotopic (exact) mass is 432 g/mol. The van der Waals surface area contributed by atoms with Crippen LogP contribution in [0.1, 0.15) is 46.0 Å². The van der Waals surface area contributed by atoms with E-state index in [1.165, 1.54) is 0 Å². The zero-order chi connectivity index (χ0) is 22.0. The van der Waals surface area contributed by atoms with Gasteiger partial charge in [0, 0.05) is 13.1 Å². The van der Waals surface area contributed by atoms with E-state index in [9.17, 15) is 31.1 Å². The highest BCUT2D eigenvalue weighted by Gasteiger charge is 2.60. The molecule has 1 aliphatic heterocycles. The van der Waals surface area contributed by atoms with Crippen molar-refractivity contribution in [2.24, 2.45) is 35.3 Å². The number of hydrogen-bond acceptors (Lipinski definition) is 3. The third kappa shape index (κ3) is 5.92. The maximum absolute atomic E-state index is 12.8. The second-order valence-corrected chi connectivity index (χ2v) is 8.50. The Morgan fingerprint density at radius 3 is 2.28 bits per heavy atom. The number of amides is 1. The van der Waals surface area contributed by atoms with Crippen LogP contribution in [0.15, 0.2) is 0 Å². The van der Waals surface area contributed by atoms with Gasteiger partial charge < -0.3 is 15.4 Å². The average Bonchev–Trinajstić information content (AvgIpc) is 3.07. The summed E-state index contributed by atoms with van der Waals surface area (Å²) in [4.78, 5) is 13.4. The molecule has 170 valence electrons. The van der Waals surface area contributed by atoms with Gasteiger partial charge in [0.15, 0.2) is 0 Å². The van der Waals surface area contributed by atoms with Crippen molar-refractivity contribution in [3.8, 4) is 0 Å². The maximum atomic E-state index is 12.8. The van der Waals surface area contributed by atoms with Crippen LogP contribution < -0.4 is 5.73 Å². The fourth-order valence-electron chi connectivity index (χ4n) is 5.05. The van der Waals surface area contributed by atoms with Crippen LogP contribution in [0.25, 0.3) is 0 Å². The molecule has 0 aromatic rings. The fraction of sp³-hybridized carbons (Fsp3) is 0.947. The second kappa shape index (κ2) is 9.31. The first-order valence-corrected chi connectivity index (χ1v) is 10.2. The highest BCUT2D eigenvalue weighted by molar-refractivity contribution is 5.68. The van der Waals surface area contributed by atoms with Crippen molar-refractivity contribution < 1.29 is 35.9 Å². The van der Waals surface area contributed by atoms with Gasteiger partial charge in [-0.3, -0.25) is 0 Å². The van der Waals surface area contributed by atoms with Gasteiger partial charge in [-0.1, -0.05) is 26.7 Å². The summed E-state index contributed by atoms with van der Waals surface area (Å²) in [6.45, 7) is 4.41. The Labute approximate surface area is 167 Å². The van der Waals surface area contributed by atoms with Crippen LogP contribution in [0.2, 0.25) is 0 Å². The minimum absolute atomic E-state index is 0.00235. The van der Waals surface area contributed by atoms with Gasteiger partial charge >= 0.3 is 18.4 Å². The Hall–Kier alpha value is -1.19. The predicted octanol–water partition coefficient (Wildman–Crippen LogP) is 4.98. The van der Waals surface area contributed by atoms with Crippen LogP contribution in [0.3, 0.4) is 0 Å². The number of carbonyl (C=O) groups excluding carboxylic acids is 1. The number of halogens is 6. The molecule has 0 aromatic heterocycles. The molecule has 1 saturated carbocycles. The summed E-state index contributed by atoms with van der Waals surface area (Å²) in [5.41, 5.74) is 5.89. The van der Waals surface area contributed by atoms with Crippen molar-refractivity contribution in [1.82, 2.24) is 4.90 Å². The van der Waals surface area contributed by atoms with Crippen molar-refractivity contribution in [1.29, 1.82) is 0 Å². The molecule has 10 heteroatoms. The van der Waals surface area contributed by atoms with Crippen molar-refractivity contribution in [2.45, 2.75) is 64.4 Å². The summed E-state index contributed by atoms with van der Waals surface area (Å²) in [5, 5.41) is 0. The van der Waals surface area contributed by atoms with Gasteiger partial charge in [-0.15, -0.1) is 0 Å². The lowest BCUT2D eigenvalue weighted by molar-refractivity contribution is -0.308. The Morgan fingerprint density at radius 1 is 1.14 bits per heavy atom. The SMILES string of the molecule is CCCC1C2CCC(C2)CN(C(=O)OC(C(F)(F)F)C(F)(F)F)CC(CN)C1C. The summed E-state index contributed by atoms with van der Waals surface area (Å²) in [6, 6.07) is 0. The molecule has 0 aromatic carbocycles. The molecule has 2 rings (SSSR count). The van der Waals surface area contributed by atoms with E-state index in [2.05, 4.69) is 11.7 Å². The van der Waals surface area contributed by atoms with E-state index in [0.29, 0.717) is 11.8 Å². The van der Waals surface area contributed by atoms with Crippen LogP contribution in [-0.2, 0) is 4.74 Å². The number of ether oxygens (including phenoxy) is 1. The van der Waals surface area contributed by atoms with Crippen LogP contribution in [0.4, 0.5) is 31.1 Å². The highest BCUT2D eigenvalue weighted by atomic mass is 19.4. The van der Waals surface area contributed by atoms with Crippen molar-refractivity contribution >= 4 is 6.09 Å². The molecule has 1 saturated heterocycles. The van der Waals surface area contributed by atoms with E-state index in [1.54, 1.807) is 0 Å². The standard InChI is InChI=1S/C19H30F6N2O2/c1-3-4-15-11(2)14(8-26)10-27(9-12-5-6-13(15)7-12)17(28)29-16(18(20,21)22)19(23,24)25/h11-16H,3-10,26H2,1-2H3. The molecule has 29 heavy (non-hydrogen) atoms. The van der Waals surface area contributed by atoms with Crippen molar-refractivity contribution in [2.75, 3.05) is 19.6 Å². The number of hydrogen-bond donors (Lipinski definition) is 1. The largest absolute Gasteiger partial charge is 0.434 e. The third-order valence-corrected chi connectivity index (χ3v) is 6.54. The fourth-order valence-corrected chi connectivity index (χ4v) is 5.05. The Morgan fingerprint density at radius 2 is 1.76 bits per heavy atom. The van der Waals surface area contributed by atoms with Gasteiger partial charge in [0.05, 0.1) is 0 Å². The van der Waals surface area contributed by atoms with Crippen LogP contribution in [0.5, 0.6) is 0 Å². The number of rotatable bonds is 4. The summed E-state index contributed by atoms with van der Waals surface area (Å²) in [5.74, 6) is 0.767. The van der Waals surface area contributed by atoms with E-state index < -0.39 is 24.5 Å². The molecule has 2 N–H and O–H groups in total. The molecule has 2 fully saturated rings. The van der Waals surface area contributed by atoms with Crippen molar-refractivity contribution in [3.63, 3.8) is 0 Å². The van der Waals surface area contributed by atoms with Gasteiger partial charge in [0.25, 0.3) is 6.10 Å². The topological polar surface area (TPSA) is 55.6 Å². The number of carbonyl (C=O) groups is 1. The van der Waals surface area contributed by atoms with E-state index in [0.717, 1.165) is 37.0 Å². The Bertz CT molecular complexity index is 540. The van der Waals surface area contributed by atoms with Gasteiger partial charge in [-0.25, -0.2) is 4.79 Å². The number of alkyl halides is 6. The molecular formula is C19H30F6N2O2. The zero-order valence-electron chi connectivity index (χ0n) is 16.7. The van der Waals surface area contributed by atoms with E-state index in [-0.39, 0.29) is 37.4 Å². The lowest BCUT2D eigenvalue weighted by atomic mass is 9.73. The molecule has 2 bridgehead atoms. The molecule has 0 spiro atoms. The molecule has 1 heterocycles. The van der Waals surface area contributed by atoms with E-state index in [1.807, 2.05) is 6.92 Å². The minimum atomic E-state index is -5.72. The molecule has 4 nitrogen and oxygen atoms in total.